The molecule has 0 saturated carbocycles. The van der Waals surface area contributed by atoms with Crippen molar-refractivity contribution in [3.8, 4) is 0 Å². The van der Waals surface area contributed by atoms with Gasteiger partial charge in [0, 0.05) is 17.1 Å². The van der Waals surface area contributed by atoms with Crippen LogP contribution in [0.1, 0.15) is 0 Å². The van der Waals surface area contributed by atoms with E-state index < -0.39 is 0 Å². The molecule has 4 aromatic carbocycles. The molecule has 1 heteroatoms. The Morgan fingerprint density at radius 3 is 1.89 bits per heavy atom. The first kappa shape index (κ1) is 12.2. The predicted molar refractivity (Wildman–Crippen MR) is 77.8 cm³/mol. The van der Waals surface area contributed by atoms with Crippen LogP contribution in [0, 0.1) is 6.07 Å². The summed E-state index contributed by atoms with van der Waals surface area (Å²) in [5.41, 5.74) is 0. The van der Waals surface area contributed by atoms with Crippen LogP contribution in [0.3, 0.4) is 0 Å². The van der Waals surface area contributed by atoms with Gasteiger partial charge in [0.25, 0.3) is 0 Å². The zero-order chi connectivity index (χ0) is 11.9. The van der Waals surface area contributed by atoms with Crippen molar-refractivity contribution in [3.05, 3.63) is 72.8 Å². The van der Waals surface area contributed by atoms with Crippen LogP contribution in [0.2, 0.25) is 0 Å². The molecule has 0 fully saturated rings. The molecule has 0 radical (unpaired) electrons. The van der Waals surface area contributed by atoms with Crippen LogP contribution < -0.4 is 0 Å². The molecular formula is C18H11Fe-. The van der Waals surface area contributed by atoms with Crippen molar-refractivity contribution in [1.82, 2.24) is 0 Å². The standard InChI is InChI=1S/C18H11.Fe/c1-2-6-14-10-18-12-16-8-4-3-7-15(16)11-17(18)9-13(14)5-1;/h1-7,9-12H;/q-1;. The molecule has 0 aliphatic carbocycles. The fourth-order valence-electron chi connectivity index (χ4n) is 2.56. The van der Waals surface area contributed by atoms with Crippen molar-refractivity contribution in [2.75, 3.05) is 0 Å². The van der Waals surface area contributed by atoms with Gasteiger partial charge in [0.05, 0.1) is 0 Å². The molecule has 19 heavy (non-hydrogen) atoms. The normalized spacial score (nSPS) is 10.7. The molecule has 92 valence electrons. The molecule has 4 aromatic rings. The van der Waals surface area contributed by atoms with E-state index in [1.165, 1.54) is 32.3 Å². The van der Waals surface area contributed by atoms with E-state index >= 15 is 0 Å². The largest absolute Gasteiger partial charge is 0.147 e. The zero-order valence-electron chi connectivity index (χ0n) is 10.2. The third-order valence-electron chi connectivity index (χ3n) is 3.48. The van der Waals surface area contributed by atoms with Crippen molar-refractivity contribution in [1.29, 1.82) is 0 Å². The van der Waals surface area contributed by atoms with Gasteiger partial charge in [-0.05, 0) is 22.2 Å². The summed E-state index contributed by atoms with van der Waals surface area (Å²) < 4.78 is 0. The smallest absolute Gasteiger partial charge is 0 e. The van der Waals surface area contributed by atoms with E-state index in [0.29, 0.717) is 0 Å². The van der Waals surface area contributed by atoms with Gasteiger partial charge in [0.2, 0.25) is 0 Å². The maximum atomic E-state index is 3.29. The third-order valence-corrected chi connectivity index (χ3v) is 3.48. The summed E-state index contributed by atoms with van der Waals surface area (Å²) in [5, 5.41) is 7.59. The van der Waals surface area contributed by atoms with Crippen LogP contribution in [-0.2, 0) is 17.1 Å². The van der Waals surface area contributed by atoms with E-state index in [4.69, 9.17) is 0 Å². The molecule has 0 aliphatic rings. The van der Waals surface area contributed by atoms with Crippen LogP contribution >= 0.6 is 0 Å². The average molecular weight is 283 g/mol. The average Bonchev–Trinajstić information content (AvgIpc) is 2.42. The van der Waals surface area contributed by atoms with Crippen LogP contribution in [0.5, 0.6) is 0 Å². The molecule has 4 rings (SSSR count). The van der Waals surface area contributed by atoms with E-state index in [9.17, 15) is 0 Å². The van der Waals surface area contributed by atoms with Gasteiger partial charge in [0.15, 0.2) is 0 Å². The minimum Gasteiger partial charge on any atom is -0.147 e. The summed E-state index contributed by atoms with van der Waals surface area (Å²) in [5.74, 6) is 0. The second kappa shape index (κ2) is 4.69. The van der Waals surface area contributed by atoms with Crippen molar-refractivity contribution >= 4 is 32.3 Å². The molecule has 0 bridgehead atoms. The van der Waals surface area contributed by atoms with E-state index in [2.05, 4.69) is 60.7 Å². The van der Waals surface area contributed by atoms with E-state index in [-0.39, 0.29) is 17.1 Å². The summed E-state index contributed by atoms with van der Waals surface area (Å²) in [6, 6.07) is 26.9. The molecule has 0 atom stereocenters. The minimum absolute atomic E-state index is 0. The van der Waals surface area contributed by atoms with Gasteiger partial charge in [-0.1, -0.05) is 41.8 Å². The second-order valence-corrected chi connectivity index (χ2v) is 4.66. The molecular weight excluding hydrogens is 272 g/mol. The van der Waals surface area contributed by atoms with Crippen molar-refractivity contribution in [2.45, 2.75) is 0 Å². The van der Waals surface area contributed by atoms with E-state index in [1.54, 1.807) is 0 Å². The van der Waals surface area contributed by atoms with Crippen LogP contribution in [0.15, 0.2) is 66.7 Å². The first-order valence-electron chi connectivity index (χ1n) is 6.13. The van der Waals surface area contributed by atoms with Crippen LogP contribution in [-0.4, -0.2) is 0 Å². The first-order chi connectivity index (χ1) is 8.90. The molecule has 0 amide bonds. The molecule has 0 heterocycles. The quantitative estimate of drug-likeness (QED) is 0.243. The molecule has 0 spiro atoms. The predicted octanol–water partition coefficient (Wildman–Crippen LogP) is 4.94. The Morgan fingerprint density at radius 1 is 0.579 bits per heavy atom. The van der Waals surface area contributed by atoms with Gasteiger partial charge in [-0.25, -0.2) is 0 Å². The van der Waals surface area contributed by atoms with Crippen molar-refractivity contribution in [2.24, 2.45) is 0 Å². The van der Waals surface area contributed by atoms with Gasteiger partial charge in [-0.3, -0.25) is 0 Å². The Bertz CT molecular complexity index is 734. The zero-order valence-corrected chi connectivity index (χ0v) is 11.3. The molecule has 0 saturated heterocycles. The minimum atomic E-state index is 0. The van der Waals surface area contributed by atoms with Gasteiger partial charge in [0.1, 0.15) is 0 Å². The van der Waals surface area contributed by atoms with E-state index in [1.807, 2.05) is 12.1 Å². The maximum absolute atomic E-state index is 3.29. The second-order valence-electron chi connectivity index (χ2n) is 4.66. The summed E-state index contributed by atoms with van der Waals surface area (Å²) in [6.07, 6.45) is 0. The monoisotopic (exact) mass is 283 g/mol. The van der Waals surface area contributed by atoms with Crippen molar-refractivity contribution in [3.63, 3.8) is 0 Å². The third kappa shape index (κ3) is 2.02. The Kier molecular flexibility index (Phi) is 3.02. The fourth-order valence-corrected chi connectivity index (χ4v) is 2.56. The van der Waals surface area contributed by atoms with Gasteiger partial charge in [-0.2, -0.15) is 0 Å². The Hall–Kier alpha value is -1.82. The molecule has 0 unspecified atom stereocenters. The van der Waals surface area contributed by atoms with Crippen LogP contribution in [0.25, 0.3) is 32.3 Å². The van der Waals surface area contributed by atoms with Crippen LogP contribution in [0.4, 0.5) is 0 Å². The van der Waals surface area contributed by atoms with Gasteiger partial charge < -0.3 is 0 Å². The van der Waals surface area contributed by atoms with E-state index in [0.717, 1.165) is 0 Å². The first-order valence-corrected chi connectivity index (χ1v) is 6.13. The molecule has 0 N–H and O–H groups in total. The van der Waals surface area contributed by atoms with Gasteiger partial charge >= 0.3 is 0 Å². The summed E-state index contributed by atoms with van der Waals surface area (Å²) in [7, 11) is 0. The number of hydrogen-bond acceptors (Lipinski definition) is 0. The number of hydrogen-bond donors (Lipinski definition) is 0. The Morgan fingerprint density at radius 2 is 1.16 bits per heavy atom. The molecule has 0 nitrogen and oxygen atoms in total. The van der Waals surface area contributed by atoms with Gasteiger partial charge in [-0.15, -0.1) is 41.1 Å². The Balaban J connectivity index is 0.00000110. The Labute approximate surface area is 122 Å². The summed E-state index contributed by atoms with van der Waals surface area (Å²) in [4.78, 5) is 0. The number of benzene rings is 4. The fraction of sp³-hybridized carbons (Fsp3) is 0. The number of rotatable bonds is 0. The number of fused-ring (bicyclic) bond motifs is 3. The topological polar surface area (TPSA) is 0 Å². The summed E-state index contributed by atoms with van der Waals surface area (Å²) in [6.45, 7) is 0. The summed E-state index contributed by atoms with van der Waals surface area (Å²) >= 11 is 0. The maximum Gasteiger partial charge on any atom is 0 e. The molecule has 0 aromatic heterocycles. The SMILES string of the molecule is [Fe].[c-]1cccc2cc3cc4ccccc4cc3cc12. The van der Waals surface area contributed by atoms with Crippen molar-refractivity contribution < 1.29 is 17.1 Å². The molecule has 0 aliphatic heterocycles.